The van der Waals surface area contributed by atoms with E-state index in [4.69, 9.17) is 4.43 Å². The van der Waals surface area contributed by atoms with Crippen molar-refractivity contribution >= 4 is 8.32 Å². The maximum absolute atomic E-state index is 6.48. The summed E-state index contributed by atoms with van der Waals surface area (Å²) in [6, 6.07) is 0. The summed E-state index contributed by atoms with van der Waals surface area (Å²) in [5.74, 6) is 1.17. The molecule has 2 atom stereocenters. The van der Waals surface area contributed by atoms with Gasteiger partial charge in [0.25, 0.3) is 0 Å². The average molecular weight is 327 g/mol. The van der Waals surface area contributed by atoms with Crippen LogP contribution in [0, 0.1) is 17.3 Å². The molecule has 0 aromatic carbocycles. The normalized spacial score (nSPS) is 17.0. The highest BCUT2D eigenvalue weighted by Crippen LogP contribution is 2.38. The van der Waals surface area contributed by atoms with E-state index in [2.05, 4.69) is 80.6 Å². The van der Waals surface area contributed by atoms with Gasteiger partial charge in [0.15, 0.2) is 8.32 Å². The second kappa shape index (κ2) is 8.68. The molecule has 0 radical (unpaired) electrons. The molecular formula is C20H42OSi. The monoisotopic (exact) mass is 326 g/mol. The van der Waals surface area contributed by atoms with E-state index >= 15 is 0 Å². The number of hydrogen-bond donors (Lipinski definition) is 0. The molecule has 0 aliphatic rings. The van der Waals surface area contributed by atoms with Gasteiger partial charge in [-0.1, -0.05) is 80.4 Å². The number of unbranched alkanes of at least 4 members (excludes halogenated alkanes) is 1. The summed E-state index contributed by atoms with van der Waals surface area (Å²) in [7, 11) is -1.66. The van der Waals surface area contributed by atoms with Crippen LogP contribution in [0.3, 0.4) is 0 Å². The van der Waals surface area contributed by atoms with Crippen molar-refractivity contribution in [3.05, 3.63) is 12.2 Å². The Morgan fingerprint density at radius 2 is 1.55 bits per heavy atom. The zero-order chi connectivity index (χ0) is 17.6. The molecule has 0 aliphatic carbocycles. The van der Waals surface area contributed by atoms with Gasteiger partial charge >= 0.3 is 0 Å². The van der Waals surface area contributed by atoms with E-state index < -0.39 is 8.32 Å². The second-order valence-electron chi connectivity index (χ2n) is 9.55. The van der Waals surface area contributed by atoms with Crippen molar-refractivity contribution in [3.63, 3.8) is 0 Å². The predicted octanol–water partition coefficient (Wildman–Crippen LogP) is 7.05. The summed E-state index contributed by atoms with van der Waals surface area (Å²) in [5.41, 5.74) is 0.253. The summed E-state index contributed by atoms with van der Waals surface area (Å²) in [6.07, 6.45) is 8.75. The molecular weight excluding hydrogens is 284 g/mol. The lowest BCUT2D eigenvalue weighted by Gasteiger charge is -2.39. The Balaban J connectivity index is 4.79. The molecule has 0 aromatic rings. The van der Waals surface area contributed by atoms with Crippen LogP contribution in [0.4, 0.5) is 0 Å². The Morgan fingerprint density at radius 3 is 1.95 bits per heavy atom. The minimum atomic E-state index is -1.66. The van der Waals surface area contributed by atoms with Crippen molar-refractivity contribution in [1.82, 2.24) is 0 Å². The fourth-order valence-corrected chi connectivity index (χ4v) is 3.08. The molecule has 132 valence electrons. The van der Waals surface area contributed by atoms with Gasteiger partial charge in [-0.15, -0.1) is 0 Å². The third-order valence-electron chi connectivity index (χ3n) is 5.23. The van der Waals surface area contributed by atoms with E-state index in [-0.39, 0.29) is 10.5 Å². The van der Waals surface area contributed by atoms with Crippen LogP contribution in [0.15, 0.2) is 12.2 Å². The topological polar surface area (TPSA) is 9.23 Å². The minimum Gasteiger partial charge on any atom is -0.416 e. The Morgan fingerprint density at radius 1 is 1.00 bits per heavy atom. The molecule has 1 nitrogen and oxygen atoms in total. The summed E-state index contributed by atoms with van der Waals surface area (Å²) < 4.78 is 6.48. The van der Waals surface area contributed by atoms with E-state index in [1.165, 1.54) is 19.3 Å². The van der Waals surface area contributed by atoms with Crippen LogP contribution in [0.25, 0.3) is 0 Å². The van der Waals surface area contributed by atoms with E-state index in [1.807, 2.05) is 0 Å². The summed E-state index contributed by atoms with van der Waals surface area (Å²) in [4.78, 5) is 0. The van der Waals surface area contributed by atoms with E-state index in [1.54, 1.807) is 0 Å². The number of allylic oxidation sites excluding steroid dienone is 1. The molecule has 0 aliphatic heterocycles. The summed E-state index contributed by atoms with van der Waals surface area (Å²) in [5, 5.41) is 0.285. The van der Waals surface area contributed by atoms with Gasteiger partial charge in [-0.05, 0) is 35.9 Å². The van der Waals surface area contributed by atoms with Crippen molar-refractivity contribution in [2.45, 2.75) is 92.8 Å². The summed E-state index contributed by atoms with van der Waals surface area (Å²) in [6.45, 7) is 24.1. The lowest BCUT2D eigenvalue weighted by molar-refractivity contribution is 0.170. The van der Waals surface area contributed by atoms with E-state index in [0.717, 1.165) is 6.61 Å². The molecule has 0 saturated heterocycles. The molecule has 0 aromatic heterocycles. The molecule has 0 amide bonds. The van der Waals surface area contributed by atoms with E-state index in [0.29, 0.717) is 11.8 Å². The zero-order valence-corrected chi connectivity index (χ0v) is 18.0. The highest BCUT2D eigenvalue weighted by atomic mass is 28.4. The molecule has 0 bridgehead atoms. The van der Waals surface area contributed by atoms with Crippen LogP contribution in [0.5, 0.6) is 0 Å². The largest absolute Gasteiger partial charge is 0.416 e. The first kappa shape index (κ1) is 21.9. The van der Waals surface area contributed by atoms with Gasteiger partial charge in [0.1, 0.15) is 0 Å². The fourth-order valence-electron chi connectivity index (χ4n) is 2.05. The van der Waals surface area contributed by atoms with Gasteiger partial charge in [0.05, 0.1) is 0 Å². The third-order valence-corrected chi connectivity index (χ3v) is 9.73. The Labute approximate surface area is 142 Å². The van der Waals surface area contributed by atoms with Crippen LogP contribution >= 0.6 is 0 Å². The number of hydrogen-bond acceptors (Lipinski definition) is 1. The van der Waals surface area contributed by atoms with Gasteiger partial charge in [0.2, 0.25) is 0 Å². The van der Waals surface area contributed by atoms with Crippen molar-refractivity contribution < 1.29 is 4.43 Å². The average Bonchev–Trinajstić information content (AvgIpc) is 2.32. The van der Waals surface area contributed by atoms with Crippen molar-refractivity contribution in [2.75, 3.05) is 6.61 Å². The highest BCUT2D eigenvalue weighted by Gasteiger charge is 2.38. The van der Waals surface area contributed by atoms with Gasteiger partial charge in [-0.2, -0.15) is 0 Å². The third kappa shape index (κ3) is 7.96. The molecule has 0 heterocycles. The standard InChI is InChI=1S/C20H42OSi/c1-11-12-13-17(2)14-15-18(19(3,4)5)16-21-22(9,10)20(6,7)8/h14-15,17-18H,11-13,16H2,1-10H3/b15-14+/t17-,18-/m1/s1. The first-order valence-electron chi connectivity index (χ1n) is 9.13. The molecule has 0 N–H and O–H groups in total. The Hall–Kier alpha value is -0.0831. The minimum absolute atomic E-state index is 0.253. The SMILES string of the molecule is CCCC[C@@H](C)/C=C/[C@H](CO[Si](C)(C)C(C)(C)C)C(C)(C)C. The molecule has 22 heavy (non-hydrogen) atoms. The molecule has 0 spiro atoms. The maximum Gasteiger partial charge on any atom is 0.192 e. The number of rotatable bonds is 8. The quantitative estimate of drug-likeness (QED) is 0.343. The second-order valence-corrected chi connectivity index (χ2v) is 14.4. The van der Waals surface area contributed by atoms with Gasteiger partial charge < -0.3 is 4.43 Å². The van der Waals surface area contributed by atoms with Crippen LogP contribution in [0.2, 0.25) is 18.1 Å². The van der Waals surface area contributed by atoms with Crippen molar-refractivity contribution in [2.24, 2.45) is 17.3 Å². The molecule has 0 unspecified atom stereocenters. The highest BCUT2D eigenvalue weighted by molar-refractivity contribution is 6.74. The van der Waals surface area contributed by atoms with Gasteiger partial charge in [-0.25, -0.2) is 0 Å². The smallest absolute Gasteiger partial charge is 0.192 e. The first-order chi connectivity index (χ1) is 9.81. The molecule has 0 rings (SSSR count). The molecule has 0 fully saturated rings. The molecule has 2 heteroatoms. The first-order valence-corrected chi connectivity index (χ1v) is 12.0. The van der Waals surface area contributed by atoms with Gasteiger partial charge in [0, 0.05) is 12.5 Å². The predicted molar refractivity (Wildman–Crippen MR) is 104 cm³/mol. The van der Waals surface area contributed by atoms with Gasteiger partial charge in [-0.3, -0.25) is 0 Å². The lowest BCUT2D eigenvalue weighted by Crippen LogP contribution is -2.43. The van der Waals surface area contributed by atoms with Crippen LogP contribution in [-0.4, -0.2) is 14.9 Å². The zero-order valence-electron chi connectivity index (χ0n) is 17.0. The molecule has 0 saturated carbocycles. The summed E-state index contributed by atoms with van der Waals surface area (Å²) >= 11 is 0. The van der Waals surface area contributed by atoms with E-state index in [9.17, 15) is 0 Å². The lowest BCUT2D eigenvalue weighted by atomic mass is 9.80. The maximum atomic E-state index is 6.48. The fraction of sp³-hybridized carbons (Fsp3) is 0.900. The van der Waals surface area contributed by atoms with Crippen LogP contribution in [-0.2, 0) is 4.43 Å². The Bertz CT molecular complexity index is 331. The van der Waals surface area contributed by atoms with Crippen molar-refractivity contribution in [3.8, 4) is 0 Å². The Kier molecular flexibility index (Phi) is 8.65. The van der Waals surface area contributed by atoms with Crippen LogP contribution < -0.4 is 0 Å². The van der Waals surface area contributed by atoms with Crippen LogP contribution in [0.1, 0.15) is 74.7 Å². The van der Waals surface area contributed by atoms with Crippen molar-refractivity contribution in [1.29, 1.82) is 0 Å².